The highest BCUT2D eigenvalue weighted by Crippen LogP contribution is 2.18. The van der Waals surface area contributed by atoms with Crippen molar-refractivity contribution in [3.8, 4) is 0 Å². The standard InChI is InChI=1S/C9H12O2/c1-3-8(6-10)9-5-4-7(2)11-9/h4-6,8H,3H2,1-2H3. The fraction of sp³-hybridized carbons (Fsp3) is 0.444. The molecule has 0 N–H and O–H groups in total. The van der Waals surface area contributed by atoms with Gasteiger partial charge in [0, 0.05) is 0 Å². The molecule has 2 heteroatoms. The molecule has 0 aliphatic carbocycles. The van der Waals surface area contributed by atoms with Gasteiger partial charge in [0.2, 0.25) is 0 Å². The number of carbonyl (C=O) groups is 1. The van der Waals surface area contributed by atoms with Crippen molar-refractivity contribution in [2.45, 2.75) is 26.2 Å². The van der Waals surface area contributed by atoms with Crippen molar-refractivity contribution in [3.63, 3.8) is 0 Å². The lowest BCUT2D eigenvalue weighted by Gasteiger charge is -2.00. The molecule has 2 nitrogen and oxygen atoms in total. The van der Waals surface area contributed by atoms with Crippen LogP contribution in [-0.2, 0) is 4.79 Å². The van der Waals surface area contributed by atoms with Crippen LogP contribution in [-0.4, -0.2) is 6.29 Å². The van der Waals surface area contributed by atoms with Crippen LogP contribution in [0.15, 0.2) is 16.5 Å². The van der Waals surface area contributed by atoms with Gasteiger partial charge < -0.3 is 9.21 Å². The molecule has 0 aliphatic rings. The van der Waals surface area contributed by atoms with Crippen LogP contribution >= 0.6 is 0 Å². The van der Waals surface area contributed by atoms with Crippen LogP contribution in [0.3, 0.4) is 0 Å². The molecular weight excluding hydrogens is 140 g/mol. The summed E-state index contributed by atoms with van der Waals surface area (Å²) in [5.41, 5.74) is 0. The predicted octanol–water partition coefficient (Wildman–Crippen LogP) is 2.28. The minimum atomic E-state index is -0.0660. The van der Waals surface area contributed by atoms with Crippen LogP contribution in [0, 0.1) is 6.92 Å². The third kappa shape index (κ3) is 1.70. The van der Waals surface area contributed by atoms with Gasteiger partial charge in [0.05, 0.1) is 5.92 Å². The Labute approximate surface area is 66.2 Å². The van der Waals surface area contributed by atoms with Gasteiger partial charge in [0.15, 0.2) is 0 Å². The third-order valence-electron chi connectivity index (χ3n) is 1.73. The molecule has 11 heavy (non-hydrogen) atoms. The van der Waals surface area contributed by atoms with Crippen LogP contribution in [0.4, 0.5) is 0 Å². The number of hydrogen-bond donors (Lipinski definition) is 0. The molecule has 0 radical (unpaired) electrons. The quantitative estimate of drug-likeness (QED) is 0.622. The molecule has 0 aliphatic heterocycles. The van der Waals surface area contributed by atoms with Crippen molar-refractivity contribution >= 4 is 6.29 Å². The third-order valence-corrected chi connectivity index (χ3v) is 1.73. The highest BCUT2D eigenvalue weighted by Gasteiger charge is 2.10. The first-order valence-electron chi connectivity index (χ1n) is 3.79. The number of aldehydes is 1. The van der Waals surface area contributed by atoms with E-state index in [1.165, 1.54) is 0 Å². The van der Waals surface area contributed by atoms with Crippen LogP contribution < -0.4 is 0 Å². The Hall–Kier alpha value is -1.05. The molecule has 0 spiro atoms. The van der Waals surface area contributed by atoms with Gasteiger partial charge in [0.1, 0.15) is 17.8 Å². The van der Waals surface area contributed by atoms with E-state index in [0.29, 0.717) is 0 Å². The molecule has 1 atom stereocenters. The molecule has 0 amide bonds. The van der Waals surface area contributed by atoms with E-state index in [1.54, 1.807) is 0 Å². The molecule has 0 saturated carbocycles. The van der Waals surface area contributed by atoms with Crippen LogP contribution in [0.5, 0.6) is 0 Å². The largest absolute Gasteiger partial charge is 0.466 e. The average Bonchev–Trinajstić information content (AvgIpc) is 2.39. The lowest BCUT2D eigenvalue weighted by molar-refractivity contribution is -0.109. The maximum Gasteiger partial charge on any atom is 0.130 e. The summed E-state index contributed by atoms with van der Waals surface area (Å²) in [6.07, 6.45) is 1.73. The predicted molar refractivity (Wildman–Crippen MR) is 42.5 cm³/mol. The summed E-state index contributed by atoms with van der Waals surface area (Å²) in [6.45, 7) is 3.85. The normalized spacial score (nSPS) is 12.9. The lowest BCUT2D eigenvalue weighted by atomic mass is 10.1. The molecule has 0 aromatic carbocycles. The van der Waals surface area contributed by atoms with E-state index in [0.717, 1.165) is 24.2 Å². The van der Waals surface area contributed by atoms with Gasteiger partial charge in [-0.25, -0.2) is 0 Å². The van der Waals surface area contributed by atoms with Gasteiger partial charge in [-0.1, -0.05) is 6.92 Å². The molecule has 0 fully saturated rings. The fourth-order valence-corrected chi connectivity index (χ4v) is 1.02. The Morgan fingerprint density at radius 3 is 2.73 bits per heavy atom. The molecule has 1 heterocycles. The molecule has 60 valence electrons. The number of rotatable bonds is 3. The van der Waals surface area contributed by atoms with Crippen molar-refractivity contribution in [3.05, 3.63) is 23.7 Å². The van der Waals surface area contributed by atoms with E-state index < -0.39 is 0 Å². The number of furan rings is 1. The van der Waals surface area contributed by atoms with Crippen LogP contribution in [0.25, 0.3) is 0 Å². The Bertz CT molecular complexity index is 237. The molecule has 1 aromatic heterocycles. The van der Waals surface area contributed by atoms with E-state index in [1.807, 2.05) is 26.0 Å². The second kappa shape index (κ2) is 3.37. The van der Waals surface area contributed by atoms with Crippen molar-refractivity contribution in [1.29, 1.82) is 0 Å². The van der Waals surface area contributed by atoms with E-state index in [-0.39, 0.29) is 5.92 Å². The smallest absolute Gasteiger partial charge is 0.130 e. The first-order valence-corrected chi connectivity index (χ1v) is 3.79. The van der Waals surface area contributed by atoms with Crippen molar-refractivity contribution in [2.75, 3.05) is 0 Å². The monoisotopic (exact) mass is 152 g/mol. The zero-order valence-corrected chi connectivity index (χ0v) is 6.83. The van der Waals surface area contributed by atoms with E-state index in [4.69, 9.17) is 4.42 Å². The zero-order chi connectivity index (χ0) is 8.27. The second-order valence-corrected chi connectivity index (χ2v) is 2.60. The summed E-state index contributed by atoms with van der Waals surface area (Å²) in [6, 6.07) is 3.74. The summed E-state index contributed by atoms with van der Waals surface area (Å²) in [5.74, 6) is 1.57. The molecule has 1 rings (SSSR count). The van der Waals surface area contributed by atoms with E-state index in [2.05, 4.69) is 0 Å². The van der Waals surface area contributed by atoms with Crippen LogP contribution in [0.1, 0.15) is 30.8 Å². The van der Waals surface area contributed by atoms with Gasteiger partial charge in [0.25, 0.3) is 0 Å². The summed E-state index contributed by atoms with van der Waals surface area (Å²) < 4.78 is 5.30. The lowest BCUT2D eigenvalue weighted by Crippen LogP contribution is -1.95. The maximum atomic E-state index is 10.5. The minimum Gasteiger partial charge on any atom is -0.466 e. The van der Waals surface area contributed by atoms with Gasteiger partial charge >= 0.3 is 0 Å². The summed E-state index contributed by atoms with van der Waals surface area (Å²) in [4.78, 5) is 10.5. The summed E-state index contributed by atoms with van der Waals surface area (Å²) in [5, 5.41) is 0. The molecular formula is C9H12O2. The zero-order valence-electron chi connectivity index (χ0n) is 6.83. The van der Waals surface area contributed by atoms with E-state index in [9.17, 15) is 4.79 Å². The van der Waals surface area contributed by atoms with Gasteiger partial charge in [-0.05, 0) is 25.5 Å². The first kappa shape index (κ1) is 8.05. The Balaban J connectivity index is 2.81. The fourth-order valence-electron chi connectivity index (χ4n) is 1.02. The minimum absolute atomic E-state index is 0.0660. The number of hydrogen-bond acceptors (Lipinski definition) is 2. The molecule has 0 saturated heterocycles. The van der Waals surface area contributed by atoms with Gasteiger partial charge in [-0.3, -0.25) is 0 Å². The highest BCUT2D eigenvalue weighted by atomic mass is 16.3. The summed E-state index contributed by atoms with van der Waals surface area (Å²) in [7, 11) is 0. The van der Waals surface area contributed by atoms with Crippen molar-refractivity contribution in [1.82, 2.24) is 0 Å². The van der Waals surface area contributed by atoms with Gasteiger partial charge in [-0.15, -0.1) is 0 Å². The molecule has 1 aromatic rings. The Morgan fingerprint density at radius 1 is 1.64 bits per heavy atom. The van der Waals surface area contributed by atoms with Gasteiger partial charge in [-0.2, -0.15) is 0 Å². The first-order chi connectivity index (χ1) is 5.27. The van der Waals surface area contributed by atoms with Crippen molar-refractivity contribution in [2.24, 2.45) is 0 Å². The molecule has 1 unspecified atom stereocenters. The SMILES string of the molecule is CCC(C=O)c1ccc(C)o1. The highest BCUT2D eigenvalue weighted by molar-refractivity contribution is 5.60. The van der Waals surface area contributed by atoms with Crippen LogP contribution in [0.2, 0.25) is 0 Å². The number of carbonyl (C=O) groups excluding carboxylic acids is 1. The topological polar surface area (TPSA) is 30.2 Å². The molecule has 0 bridgehead atoms. The van der Waals surface area contributed by atoms with E-state index >= 15 is 0 Å². The second-order valence-electron chi connectivity index (χ2n) is 2.60. The number of aryl methyl sites for hydroxylation is 1. The maximum absolute atomic E-state index is 10.5. The Kier molecular flexibility index (Phi) is 2.47. The Morgan fingerprint density at radius 2 is 2.36 bits per heavy atom. The van der Waals surface area contributed by atoms with Crippen molar-refractivity contribution < 1.29 is 9.21 Å². The summed E-state index contributed by atoms with van der Waals surface area (Å²) >= 11 is 0. The average molecular weight is 152 g/mol.